The quantitative estimate of drug-likeness (QED) is 0.330. The van der Waals surface area contributed by atoms with E-state index in [0.717, 1.165) is 25.7 Å². The number of hydrogen-bond acceptors (Lipinski definition) is 5. The van der Waals surface area contributed by atoms with Crippen molar-refractivity contribution >= 4 is 13.6 Å². The minimum Gasteiger partial charge on any atom is -0.465 e. The third-order valence-corrected chi connectivity index (χ3v) is 4.88. The summed E-state index contributed by atoms with van der Waals surface area (Å²) in [7, 11) is -3.43. The average molecular weight is 294 g/mol. The Morgan fingerprint density at radius 3 is 1.89 bits per heavy atom. The second-order valence-electron chi connectivity index (χ2n) is 4.34. The molecule has 6 heteroatoms. The average Bonchev–Trinajstić information content (AvgIpc) is 2.39. The topological polar surface area (TPSA) is 61.8 Å². The Balaban J connectivity index is 4.61. The summed E-state index contributed by atoms with van der Waals surface area (Å²) < 4.78 is 28.3. The zero-order valence-corrected chi connectivity index (χ0v) is 13.4. The van der Waals surface area contributed by atoms with Crippen LogP contribution in [0.3, 0.4) is 0 Å². The molecule has 0 aromatic rings. The maximum atomic E-state index is 12.6. The SMILES string of the molecule is CCCCOP(=O)(OCCCC)C(C)C(=O)OCC. The monoisotopic (exact) mass is 294 g/mol. The Morgan fingerprint density at radius 1 is 1.05 bits per heavy atom. The fraction of sp³-hybridized carbons (Fsp3) is 0.923. The van der Waals surface area contributed by atoms with Gasteiger partial charge in [-0.05, 0) is 26.7 Å². The normalized spacial score (nSPS) is 13.3. The highest BCUT2D eigenvalue weighted by atomic mass is 31.2. The molecule has 0 radical (unpaired) electrons. The lowest BCUT2D eigenvalue weighted by Crippen LogP contribution is -2.23. The molecule has 0 spiro atoms. The van der Waals surface area contributed by atoms with Gasteiger partial charge in [-0.3, -0.25) is 9.36 Å². The van der Waals surface area contributed by atoms with Crippen LogP contribution in [0.1, 0.15) is 53.4 Å². The number of esters is 1. The molecule has 0 aliphatic heterocycles. The van der Waals surface area contributed by atoms with E-state index in [4.69, 9.17) is 13.8 Å². The van der Waals surface area contributed by atoms with Crippen molar-refractivity contribution in [2.75, 3.05) is 19.8 Å². The second-order valence-corrected chi connectivity index (χ2v) is 6.71. The largest absolute Gasteiger partial charge is 0.465 e. The predicted molar refractivity (Wildman–Crippen MR) is 75.4 cm³/mol. The lowest BCUT2D eigenvalue weighted by molar-refractivity contribution is -0.142. The molecule has 0 amide bonds. The minimum atomic E-state index is -3.43. The van der Waals surface area contributed by atoms with Crippen molar-refractivity contribution in [2.24, 2.45) is 0 Å². The number of carbonyl (C=O) groups is 1. The van der Waals surface area contributed by atoms with Crippen LogP contribution in [0.15, 0.2) is 0 Å². The van der Waals surface area contributed by atoms with Crippen LogP contribution in [0, 0.1) is 0 Å². The Kier molecular flexibility index (Phi) is 10.2. The van der Waals surface area contributed by atoms with Gasteiger partial charge in [0.25, 0.3) is 0 Å². The summed E-state index contributed by atoms with van der Waals surface area (Å²) in [6, 6.07) is 0. The van der Waals surface area contributed by atoms with E-state index in [2.05, 4.69) is 0 Å². The lowest BCUT2D eigenvalue weighted by Gasteiger charge is -2.23. The van der Waals surface area contributed by atoms with Gasteiger partial charge >= 0.3 is 13.6 Å². The van der Waals surface area contributed by atoms with Gasteiger partial charge in [0.05, 0.1) is 19.8 Å². The minimum absolute atomic E-state index is 0.257. The Labute approximate surface area is 116 Å². The molecule has 1 atom stereocenters. The van der Waals surface area contributed by atoms with Crippen molar-refractivity contribution < 1.29 is 23.1 Å². The van der Waals surface area contributed by atoms with E-state index in [-0.39, 0.29) is 6.61 Å². The van der Waals surface area contributed by atoms with Crippen molar-refractivity contribution in [2.45, 2.75) is 59.0 Å². The van der Waals surface area contributed by atoms with Crippen molar-refractivity contribution in [3.05, 3.63) is 0 Å². The first-order valence-corrected chi connectivity index (χ1v) is 8.68. The molecular formula is C13H27O5P. The van der Waals surface area contributed by atoms with E-state index in [1.54, 1.807) is 6.92 Å². The zero-order chi connectivity index (χ0) is 14.7. The van der Waals surface area contributed by atoms with Gasteiger partial charge in [0.15, 0.2) is 5.66 Å². The van der Waals surface area contributed by atoms with Gasteiger partial charge in [0, 0.05) is 0 Å². The molecule has 1 unspecified atom stereocenters. The van der Waals surface area contributed by atoms with Crippen LogP contribution < -0.4 is 0 Å². The molecule has 0 bridgehead atoms. The van der Waals surface area contributed by atoms with Crippen LogP contribution in [0.25, 0.3) is 0 Å². The highest BCUT2D eigenvalue weighted by Gasteiger charge is 2.38. The molecule has 0 heterocycles. The van der Waals surface area contributed by atoms with Crippen LogP contribution >= 0.6 is 7.60 Å². The van der Waals surface area contributed by atoms with E-state index in [1.165, 1.54) is 6.92 Å². The van der Waals surface area contributed by atoms with E-state index < -0.39 is 19.2 Å². The molecule has 0 aromatic heterocycles. The predicted octanol–water partition coefficient (Wildman–Crippen LogP) is 3.76. The third-order valence-electron chi connectivity index (χ3n) is 2.64. The van der Waals surface area contributed by atoms with Gasteiger partial charge in [-0.2, -0.15) is 0 Å². The summed E-state index contributed by atoms with van der Waals surface area (Å²) in [4.78, 5) is 11.7. The maximum Gasteiger partial charge on any atom is 0.344 e. The summed E-state index contributed by atoms with van der Waals surface area (Å²) in [6.45, 7) is 8.21. The number of carbonyl (C=O) groups excluding carboxylic acids is 1. The van der Waals surface area contributed by atoms with E-state index in [1.807, 2.05) is 13.8 Å². The van der Waals surface area contributed by atoms with Crippen LogP contribution in [0.2, 0.25) is 0 Å². The molecule has 0 saturated heterocycles. The van der Waals surface area contributed by atoms with Crippen molar-refractivity contribution in [3.63, 3.8) is 0 Å². The molecule has 114 valence electrons. The van der Waals surface area contributed by atoms with Gasteiger partial charge in [0.1, 0.15) is 0 Å². The molecule has 0 aliphatic carbocycles. The number of ether oxygens (including phenoxy) is 1. The number of rotatable bonds is 11. The standard InChI is InChI=1S/C13H27O5P/c1-5-8-10-17-19(15,18-11-9-6-2)12(4)13(14)16-7-3/h12H,5-11H2,1-4H3. The summed E-state index contributed by atoms with van der Waals surface area (Å²) in [5.41, 5.74) is -0.874. The molecule has 0 aromatic carbocycles. The molecule has 0 rings (SSSR count). The Morgan fingerprint density at radius 2 is 1.53 bits per heavy atom. The Hall–Kier alpha value is -0.380. The summed E-state index contributed by atoms with van der Waals surface area (Å²) in [5, 5.41) is 0. The summed E-state index contributed by atoms with van der Waals surface area (Å²) in [5.74, 6) is -0.529. The zero-order valence-electron chi connectivity index (χ0n) is 12.5. The summed E-state index contributed by atoms with van der Waals surface area (Å²) in [6.07, 6.45) is 3.44. The molecule has 0 saturated carbocycles. The van der Waals surface area contributed by atoms with Gasteiger partial charge in [-0.25, -0.2) is 0 Å². The molecule has 0 fully saturated rings. The number of unbranched alkanes of at least 4 members (excludes halogenated alkanes) is 2. The van der Waals surface area contributed by atoms with Gasteiger partial charge in [-0.15, -0.1) is 0 Å². The van der Waals surface area contributed by atoms with Crippen molar-refractivity contribution in [1.82, 2.24) is 0 Å². The van der Waals surface area contributed by atoms with Crippen LogP contribution in [-0.2, 0) is 23.1 Å². The number of hydrogen-bond donors (Lipinski definition) is 0. The van der Waals surface area contributed by atoms with E-state index in [9.17, 15) is 9.36 Å². The Bertz CT molecular complexity index is 279. The maximum absolute atomic E-state index is 12.6. The summed E-state index contributed by atoms with van der Waals surface area (Å²) >= 11 is 0. The fourth-order valence-electron chi connectivity index (χ4n) is 1.33. The van der Waals surface area contributed by atoms with Crippen molar-refractivity contribution in [3.8, 4) is 0 Å². The molecule has 0 aliphatic rings. The highest BCUT2D eigenvalue weighted by molar-refractivity contribution is 7.55. The molecule has 19 heavy (non-hydrogen) atoms. The first-order chi connectivity index (χ1) is 9.01. The molecular weight excluding hydrogens is 267 g/mol. The van der Waals surface area contributed by atoms with E-state index in [0.29, 0.717) is 13.2 Å². The molecule has 5 nitrogen and oxygen atoms in total. The smallest absolute Gasteiger partial charge is 0.344 e. The molecule has 0 N–H and O–H groups in total. The highest BCUT2D eigenvalue weighted by Crippen LogP contribution is 2.53. The van der Waals surface area contributed by atoms with Gasteiger partial charge in [-0.1, -0.05) is 26.7 Å². The van der Waals surface area contributed by atoms with Gasteiger partial charge in [0.2, 0.25) is 0 Å². The third kappa shape index (κ3) is 7.09. The van der Waals surface area contributed by atoms with Crippen molar-refractivity contribution in [1.29, 1.82) is 0 Å². The second kappa shape index (κ2) is 10.4. The lowest BCUT2D eigenvalue weighted by atomic mass is 10.4. The fourth-order valence-corrected chi connectivity index (χ4v) is 2.95. The van der Waals surface area contributed by atoms with Gasteiger partial charge < -0.3 is 13.8 Å². The van der Waals surface area contributed by atoms with Crippen LogP contribution in [0.4, 0.5) is 0 Å². The first-order valence-electron chi connectivity index (χ1n) is 7.07. The first kappa shape index (κ1) is 18.6. The van der Waals surface area contributed by atoms with Crippen LogP contribution in [0.5, 0.6) is 0 Å². The van der Waals surface area contributed by atoms with Crippen LogP contribution in [-0.4, -0.2) is 31.4 Å². The van der Waals surface area contributed by atoms with E-state index >= 15 is 0 Å².